The molecule has 0 amide bonds. The van der Waals surface area contributed by atoms with Crippen LogP contribution in [-0.2, 0) is 13.2 Å². The van der Waals surface area contributed by atoms with Gasteiger partial charge in [0.25, 0.3) is 0 Å². The van der Waals surface area contributed by atoms with Crippen molar-refractivity contribution in [3.63, 3.8) is 0 Å². The first-order valence-electron chi connectivity index (χ1n) is 7.22. The highest BCUT2D eigenvalue weighted by Gasteiger charge is 2.05. The van der Waals surface area contributed by atoms with E-state index in [0.717, 1.165) is 23.6 Å². The monoisotopic (exact) mass is 291 g/mol. The van der Waals surface area contributed by atoms with E-state index in [-0.39, 0.29) is 5.82 Å². The van der Waals surface area contributed by atoms with E-state index in [9.17, 15) is 4.39 Å². The molecule has 0 bridgehead atoms. The summed E-state index contributed by atoms with van der Waals surface area (Å²) in [4.78, 5) is 0. The summed E-state index contributed by atoms with van der Waals surface area (Å²) in [5, 5.41) is 3.33. The Bertz CT molecular complexity index is 578. The average molecular weight is 291 g/mol. The minimum absolute atomic E-state index is 0.253. The van der Waals surface area contributed by atoms with Crippen molar-refractivity contribution >= 4 is 0 Å². The molecule has 0 saturated heterocycles. The molecule has 3 nitrogen and oxygen atoms in total. The van der Waals surface area contributed by atoms with Crippen molar-refractivity contribution in [2.45, 2.75) is 33.9 Å². The Hall–Kier alpha value is -1.81. The average Bonchev–Trinajstić information content (AvgIpc) is 2.85. The molecular formula is C17H22FNO2. The summed E-state index contributed by atoms with van der Waals surface area (Å²) in [5.41, 5.74) is 0.778. The molecule has 114 valence electrons. The molecule has 0 aliphatic carbocycles. The molecule has 0 radical (unpaired) electrons. The summed E-state index contributed by atoms with van der Waals surface area (Å²) in [7, 11) is 0. The second-order valence-electron chi connectivity index (χ2n) is 5.59. The summed E-state index contributed by atoms with van der Waals surface area (Å²) >= 11 is 0. The van der Waals surface area contributed by atoms with Crippen molar-refractivity contribution in [1.82, 2.24) is 5.32 Å². The quantitative estimate of drug-likeness (QED) is 0.835. The summed E-state index contributed by atoms with van der Waals surface area (Å²) in [6.07, 6.45) is 0. The normalized spacial score (nSPS) is 11.1. The number of ether oxygens (including phenoxy) is 1. The maximum Gasteiger partial charge on any atom is 0.146 e. The van der Waals surface area contributed by atoms with Crippen LogP contribution >= 0.6 is 0 Å². The van der Waals surface area contributed by atoms with Gasteiger partial charge in [0.2, 0.25) is 0 Å². The number of halogens is 1. The van der Waals surface area contributed by atoms with Crippen LogP contribution in [0.1, 0.15) is 30.9 Å². The smallest absolute Gasteiger partial charge is 0.146 e. The number of hydrogen-bond donors (Lipinski definition) is 1. The van der Waals surface area contributed by atoms with Crippen molar-refractivity contribution in [3.8, 4) is 5.75 Å². The van der Waals surface area contributed by atoms with Crippen LogP contribution in [-0.4, -0.2) is 6.54 Å². The Labute approximate surface area is 125 Å². The van der Waals surface area contributed by atoms with Gasteiger partial charge in [-0.3, -0.25) is 0 Å². The Morgan fingerprint density at radius 1 is 1.19 bits per heavy atom. The molecule has 0 saturated carbocycles. The number of furan rings is 1. The van der Waals surface area contributed by atoms with E-state index in [0.29, 0.717) is 24.8 Å². The Kier molecular flexibility index (Phi) is 5.39. The van der Waals surface area contributed by atoms with E-state index >= 15 is 0 Å². The van der Waals surface area contributed by atoms with E-state index in [4.69, 9.17) is 9.15 Å². The van der Waals surface area contributed by atoms with Gasteiger partial charge < -0.3 is 14.5 Å². The summed E-state index contributed by atoms with van der Waals surface area (Å²) in [6, 6.07) is 8.35. The molecular weight excluding hydrogens is 269 g/mol. The van der Waals surface area contributed by atoms with Gasteiger partial charge in [-0.05, 0) is 55.3 Å². The van der Waals surface area contributed by atoms with Crippen LogP contribution in [0.15, 0.2) is 34.7 Å². The second kappa shape index (κ2) is 7.27. The predicted molar refractivity (Wildman–Crippen MR) is 80.7 cm³/mol. The Morgan fingerprint density at radius 3 is 2.67 bits per heavy atom. The molecule has 0 spiro atoms. The molecule has 1 N–H and O–H groups in total. The number of benzene rings is 1. The van der Waals surface area contributed by atoms with Gasteiger partial charge in [0, 0.05) is 0 Å². The SMILES string of the molecule is Cc1cc(F)ccc1OCc1ccc(CNCC(C)C)o1. The molecule has 0 unspecified atom stereocenters. The number of nitrogens with one attached hydrogen (secondary N) is 1. The van der Waals surface area contributed by atoms with Gasteiger partial charge in [-0.1, -0.05) is 13.8 Å². The number of aryl methyl sites for hydroxylation is 1. The molecule has 0 aliphatic rings. The van der Waals surface area contributed by atoms with E-state index < -0.39 is 0 Å². The highest BCUT2D eigenvalue weighted by Crippen LogP contribution is 2.20. The third kappa shape index (κ3) is 4.90. The highest BCUT2D eigenvalue weighted by atomic mass is 19.1. The topological polar surface area (TPSA) is 34.4 Å². The molecule has 2 aromatic rings. The van der Waals surface area contributed by atoms with Crippen LogP contribution in [0.3, 0.4) is 0 Å². The molecule has 1 heterocycles. The summed E-state index contributed by atoms with van der Waals surface area (Å²) in [6.45, 7) is 8.17. The van der Waals surface area contributed by atoms with Crippen LogP contribution in [0.2, 0.25) is 0 Å². The Balaban J connectivity index is 1.85. The zero-order valence-corrected chi connectivity index (χ0v) is 12.8. The summed E-state index contributed by atoms with van der Waals surface area (Å²) in [5.74, 6) is 2.69. The van der Waals surface area contributed by atoms with Crippen molar-refractivity contribution in [2.24, 2.45) is 5.92 Å². The fraction of sp³-hybridized carbons (Fsp3) is 0.412. The highest BCUT2D eigenvalue weighted by molar-refractivity contribution is 5.32. The lowest BCUT2D eigenvalue weighted by molar-refractivity contribution is 0.263. The standard InChI is InChI=1S/C17H22FNO2/c1-12(2)9-19-10-15-5-6-16(21-15)11-20-17-7-4-14(18)8-13(17)3/h4-8,12,19H,9-11H2,1-3H3. The second-order valence-corrected chi connectivity index (χ2v) is 5.59. The molecule has 1 aromatic carbocycles. The lowest BCUT2D eigenvalue weighted by Crippen LogP contribution is -2.18. The van der Waals surface area contributed by atoms with Crippen LogP contribution in [0.5, 0.6) is 5.75 Å². The summed E-state index contributed by atoms with van der Waals surface area (Å²) < 4.78 is 24.4. The van der Waals surface area contributed by atoms with Crippen molar-refractivity contribution in [1.29, 1.82) is 0 Å². The van der Waals surface area contributed by atoms with Crippen molar-refractivity contribution in [2.75, 3.05) is 6.54 Å². The lowest BCUT2D eigenvalue weighted by atomic mass is 10.2. The third-order valence-electron chi connectivity index (χ3n) is 3.08. The van der Waals surface area contributed by atoms with Gasteiger partial charge in [-0.25, -0.2) is 4.39 Å². The fourth-order valence-corrected chi connectivity index (χ4v) is 2.00. The van der Waals surface area contributed by atoms with Gasteiger partial charge in [-0.2, -0.15) is 0 Å². The van der Waals surface area contributed by atoms with Crippen LogP contribution in [0.4, 0.5) is 4.39 Å². The molecule has 0 aliphatic heterocycles. The van der Waals surface area contributed by atoms with Gasteiger partial charge in [-0.15, -0.1) is 0 Å². The maximum absolute atomic E-state index is 13.0. The third-order valence-corrected chi connectivity index (χ3v) is 3.08. The van der Waals surface area contributed by atoms with E-state index in [1.54, 1.807) is 6.07 Å². The number of rotatable bonds is 7. The minimum atomic E-state index is -0.253. The van der Waals surface area contributed by atoms with Gasteiger partial charge >= 0.3 is 0 Å². The zero-order valence-electron chi connectivity index (χ0n) is 12.8. The van der Waals surface area contributed by atoms with Crippen molar-refractivity contribution < 1.29 is 13.5 Å². The largest absolute Gasteiger partial charge is 0.485 e. The Morgan fingerprint density at radius 2 is 1.95 bits per heavy atom. The van der Waals surface area contributed by atoms with Crippen LogP contribution in [0.25, 0.3) is 0 Å². The molecule has 0 atom stereocenters. The number of hydrogen-bond acceptors (Lipinski definition) is 3. The molecule has 1 aromatic heterocycles. The van der Waals surface area contributed by atoms with Crippen LogP contribution in [0, 0.1) is 18.7 Å². The first-order valence-corrected chi connectivity index (χ1v) is 7.22. The van der Waals surface area contributed by atoms with E-state index in [1.165, 1.54) is 12.1 Å². The van der Waals surface area contributed by atoms with Gasteiger partial charge in [0.1, 0.15) is 29.7 Å². The first-order chi connectivity index (χ1) is 10.0. The predicted octanol–water partition coefficient (Wildman–Crippen LogP) is 4.05. The van der Waals surface area contributed by atoms with E-state index in [1.807, 2.05) is 19.1 Å². The molecule has 4 heteroatoms. The zero-order chi connectivity index (χ0) is 15.2. The lowest BCUT2D eigenvalue weighted by Gasteiger charge is -2.07. The molecule has 0 fully saturated rings. The molecule has 21 heavy (non-hydrogen) atoms. The van der Waals surface area contributed by atoms with E-state index in [2.05, 4.69) is 19.2 Å². The maximum atomic E-state index is 13.0. The minimum Gasteiger partial charge on any atom is -0.485 e. The van der Waals surface area contributed by atoms with Crippen LogP contribution < -0.4 is 10.1 Å². The molecule has 2 rings (SSSR count). The van der Waals surface area contributed by atoms with Gasteiger partial charge in [0.15, 0.2) is 0 Å². The van der Waals surface area contributed by atoms with Gasteiger partial charge in [0.05, 0.1) is 6.54 Å². The fourth-order valence-electron chi connectivity index (χ4n) is 2.00. The van der Waals surface area contributed by atoms with Crippen molar-refractivity contribution in [3.05, 3.63) is 53.2 Å². The first kappa shape index (κ1) is 15.6.